The van der Waals surface area contributed by atoms with Gasteiger partial charge in [-0.2, -0.15) is 0 Å². The molecule has 0 spiro atoms. The summed E-state index contributed by atoms with van der Waals surface area (Å²) in [5, 5.41) is 0. The maximum absolute atomic E-state index is 4.58. The van der Waals surface area contributed by atoms with Gasteiger partial charge in [0.1, 0.15) is 0 Å². The van der Waals surface area contributed by atoms with Crippen molar-refractivity contribution >= 4 is 20.6 Å². The molecule has 0 fully saturated rings. The molecule has 2 nitrogen and oxygen atoms in total. The van der Waals surface area contributed by atoms with Gasteiger partial charge in [0.2, 0.25) is 0 Å². The zero-order valence-corrected chi connectivity index (χ0v) is 22.9. The number of nitrogens with zero attached hydrogens (tertiary/aromatic N) is 2. The summed E-state index contributed by atoms with van der Waals surface area (Å²) >= 11 is 1.75. The Morgan fingerprint density at radius 3 is 2.00 bits per heavy atom. The number of halogens is 1. The molecule has 0 saturated carbocycles. The second kappa shape index (κ2) is 10.5. The van der Waals surface area contributed by atoms with Gasteiger partial charge in [-0.05, 0) is 73.2 Å². The Morgan fingerprint density at radius 1 is 0.906 bits per heavy atom. The molecule has 0 aromatic heterocycles. The van der Waals surface area contributed by atoms with Gasteiger partial charge in [0.25, 0.3) is 0 Å². The topological polar surface area (TPSA) is 6.48 Å². The Bertz CT molecular complexity index is 1030. The van der Waals surface area contributed by atoms with Crippen molar-refractivity contribution in [2.75, 3.05) is 4.90 Å². The van der Waals surface area contributed by atoms with E-state index in [1.54, 1.807) is 20.0 Å². The molecular weight excluding hydrogens is 597 g/mol. The van der Waals surface area contributed by atoms with Crippen molar-refractivity contribution in [1.82, 2.24) is 4.90 Å². The number of benzene rings is 2. The third-order valence-corrected chi connectivity index (χ3v) is 6.09. The van der Waals surface area contributed by atoms with E-state index >= 15 is 0 Å². The molecule has 174 valence electrons. The second-order valence-corrected chi connectivity index (χ2v) is 9.23. The molecule has 0 unspecified atom stereocenters. The van der Waals surface area contributed by atoms with E-state index in [9.17, 15) is 0 Å². The molecule has 2 aromatic rings. The number of aryl methyl sites for hydroxylation is 3. The Kier molecular flexibility index (Phi) is 8.16. The van der Waals surface area contributed by atoms with Gasteiger partial charge in [-0.15, -0.1) is 6.67 Å². The zero-order chi connectivity index (χ0) is 23.6. The first-order valence-corrected chi connectivity index (χ1v) is 13.8. The summed E-state index contributed by atoms with van der Waals surface area (Å²) in [5.41, 5.74) is 11.9. The molecule has 2 heterocycles. The molecule has 4 heteroatoms. The molecule has 2 aliphatic rings. The molecule has 0 N–H and O–H groups in total. The van der Waals surface area contributed by atoms with Crippen LogP contribution in [0.3, 0.4) is 0 Å². The summed E-state index contributed by atoms with van der Waals surface area (Å²) < 4.78 is 0. The molecule has 2 aromatic carbocycles. The summed E-state index contributed by atoms with van der Waals surface area (Å²) in [5.74, 6) is 0.941. The summed E-state index contributed by atoms with van der Waals surface area (Å²) in [4.78, 5) is 4.64. The van der Waals surface area contributed by atoms with Gasteiger partial charge in [-0.25, -0.2) is 0 Å². The van der Waals surface area contributed by atoms with E-state index < -0.39 is 0 Å². The van der Waals surface area contributed by atoms with E-state index in [2.05, 4.69) is 129 Å². The Balaban J connectivity index is 0.00000141. The second-order valence-electron chi connectivity index (χ2n) is 9.23. The van der Waals surface area contributed by atoms with Gasteiger partial charge < -0.3 is 9.80 Å². The van der Waals surface area contributed by atoms with Crippen molar-refractivity contribution in [3.05, 3.63) is 101 Å². The molecule has 0 saturated heterocycles. The number of anilines is 1. The van der Waals surface area contributed by atoms with Crippen molar-refractivity contribution in [3.63, 3.8) is 0 Å². The van der Waals surface area contributed by atoms with Crippen LogP contribution < -0.4 is 4.90 Å². The average molecular weight is 630 g/mol. The van der Waals surface area contributed by atoms with E-state index in [-0.39, 0.29) is 0 Å². The first-order chi connectivity index (χ1) is 15.3. The van der Waals surface area contributed by atoms with Crippen molar-refractivity contribution in [2.45, 2.75) is 60.3 Å². The quantitative estimate of drug-likeness (QED) is 0.248. The SMILES string of the molecule is Cc1cc(C)c(N2C=C3C=CC=C(c4c(C(C)C)cccc4C(C)C)N3[CH-]2)c(C)c1.[Cl][Au]. The van der Waals surface area contributed by atoms with Gasteiger partial charge in [-0.1, -0.05) is 69.7 Å². The van der Waals surface area contributed by atoms with Gasteiger partial charge in [0.15, 0.2) is 0 Å². The molecular formula is C28H33AuClN2-. The molecule has 0 bridgehead atoms. The van der Waals surface area contributed by atoms with E-state index in [0.29, 0.717) is 11.8 Å². The molecule has 32 heavy (non-hydrogen) atoms. The monoisotopic (exact) mass is 629 g/mol. The molecule has 0 aliphatic carbocycles. The summed E-state index contributed by atoms with van der Waals surface area (Å²) in [6.07, 6.45) is 8.90. The van der Waals surface area contributed by atoms with Gasteiger partial charge in [-0.3, -0.25) is 0 Å². The van der Waals surface area contributed by atoms with Crippen LogP contribution in [0.2, 0.25) is 0 Å². The summed E-state index contributed by atoms with van der Waals surface area (Å²) in [7, 11) is 4.58. The van der Waals surface area contributed by atoms with Crippen molar-refractivity contribution < 1.29 is 20.0 Å². The fourth-order valence-corrected chi connectivity index (χ4v) is 4.82. The third-order valence-electron chi connectivity index (χ3n) is 6.09. The first-order valence-electron chi connectivity index (χ1n) is 11.1. The van der Waals surface area contributed by atoms with Crippen LogP contribution in [-0.4, -0.2) is 4.90 Å². The fourth-order valence-electron chi connectivity index (χ4n) is 4.82. The first kappa shape index (κ1) is 24.9. The molecule has 0 radical (unpaired) electrons. The van der Waals surface area contributed by atoms with Gasteiger partial charge >= 0.3 is 29.2 Å². The Morgan fingerprint density at radius 2 is 1.47 bits per heavy atom. The zero-order valence-electron chi connectivity index (χ0n) is 20.0. The van der Waals surface area contributed by atoms with Crippen molar-refractivity contribution in [3.8, 4) is 0 Å². The number of rotatable bonds is 4. The van der Waals surface area contributed by atoms with Crippen LogP contribution in [-0.2, 0) is 20.0 Å². The minimum absolute atomic E-state index is 0.471. The fraction of sp³-hybridized carbons (Fsp3) is 0.321. The van der Waals surface area contributed by atoms with Crippen LogP contribution in [0.15, 0.2) is 60.5 Å². The maximum atomic E-state index is 4.58. The van der Waals surface area contributed by atoms with Gasteiger partial charge in [0, 0.05) is 22.6 Å². The van der Waals surface area contributed by atoms with E-state index in [1.807, 2.05) is 0 Å². The van der Waals surface area contributed by atoms with Crippen LogP contribution in [0.25, 0.3) is 5.70 Å². The van der Waals surface area contributed by atoms with Crippen molar-refractivity contribution in [1.29, 1.82) is 0 Å². The normalized spacial score (nSPS) is 15.0. The standard InChI is InChI=1S/C28H33N2.Au.ClH/c1-18(2)24-11-9-12-25(19(3)4)27(24)26-13-8-10-23-16-29(17-30(23)26)28-21(6)14-20(5)15-22(28)7;;/h8-19H,1-7H3;;1H/q-1;+1;/p-1. The van der Waals surface area contributed by atoms with Crippen molar-refractivity contribution in [2.24, 2.45) is 0 Å². The number of hydrogen-bond acceptors (Lipinski definition) is 2. The third kappa shape index (κ3) is 4.79. The minimum atomic E-state index is 0.471. The molecule has 2 aliphatic heterocycles. The number of fused-ring (bicyclic) bond motifs is 1. The van der Waals surface area contributed by atoms with Crippen LogP contribution in [0.5, 0.6) is 0 Å². The van der Waals surface area contributed by atoms with Crippen LogP contribution in [0, 0.1) is 27.4 Å². The van der Waals surface area contributed by atoms with Crippen LogP contribution >= 0.6 is 9.19 Å². The summed E-state index contributed by atoms with van der Waals surface area (Å²) in [6, 6.07) is 11.3. The predicted molar refractivity (Wildman–Crippen MR) is 135 cm³/mol. The molecule has 4 rings (SSSR count). The van der Waals surface area contributed by atoms with Crippen LogP contribution in [0.4, 0.5) is 5.69 Å². The van der Waals surface area contributed by atoms with E-state index in [1.165, 1.54) is 50.5 Å². The van der Waals surface area contributed by atoms with Gasteiger partial charge in [0.05, 0.1) is 0 Å². The van der Waals surface area contributed by atoms with Crippen LogP contribution in [0.1, 0.15) is 72.9 Å². The molecule has 0 atom stereocenters. The Labute approximate surface area is 210 Å². The molecule has 0 amide bonds. The Hall–Kier alpha value is -1.71. The predicted octanol–water partition coefficient (Wildman–Crippen LogP) is 8.24. The average Bonchev–Trinajstić information content (AvgIpc) is 3.17. The van der Waals surface area contributed by atoms with E-state index in [4.69, 9.17) is 0 Å². The number of allylic oxidation sites excluding steroid dienone is 3. The summed E-state index contributed by atoms with van der Waals surface area (Å²) in [6.45, 7) is 18.0. The number of hydrogen-bond donors (Lipinski definition) is 0. The van der Waals surface area contributed by atoms with E-state index in [0.717, 1.165) is 0 Å².